The minimum Gasteiger partial charge on any atom is -0.444 e. The first kappa shape index (κ1) is 16.9. The molecule has 1 aromatic rings. The number of hydrogen-bond donors (Lipinski definition) is 3. The number of carbonyl (C=O) groups is 1. The number of anilines is 1. The molecule has 0 aromatic heterocycles. The van der Waals surface area contributed by atoms with Crippen LogP contribution in [0.25, 0.3) is 0 Å². The standard InChI is InChI=1S/C14H21BrN2O3/c1-14(2,3)20-13(19)17-12-8-9(15)4-5-10(12)11(16)6-7-18/h4-5,8,11,18H,6-7,16H2,1-3H3,(H,17,19). The minimum absolute atomic E-state index is 0.0108. The molecule has 0 heterocycles. The number of ether oxygens (including phenoxy) is 1. The summed E-state index contributed by atoms with van der Waals surface area (Å²) in [5.74, 6) is 0. The van der Waals surface area contributed by atoms with Gasteiger partial charge in [0.25, 0.3) is 0 Å². The lowest BCUT2D eigenvalue weighted by molar-refractivity contribution is 0.0636. The van der Waals surface area contributed by atoms with Crippen LogP contribution in [0.4, 0.5) is 10.5 Å². The van der Waals surface area contributed by atoms with Crippen molar-refractivity contribution in [3.05, 3.63) is 28.2 Å². The molecule has 1 atom stereocenters. The predicted octanol–water partition coefficient (Wildman–Crippen LogP) is 3.18. The van der Waals surface area contributed by atoms with Gasteiger partial charge in [-0.25, -0.2) is 4.79 Å². The van der Waals surface area contributed by atoms with Crippen LogP contribution >= 0.6 is 15.9 Å². The number of carbonyl (C=O) groups excluding carboxylic acids is 1. The van der Waals surface area contributed by atoms with Crippen LogP contribution in [0.15, 0.2) is 22.7 Å². The molecule has 0 aliphatic carbocycles. The molecule has 112 valence electrons. The van der Waals surface area contributed by atoms with Crippen molar-refractivity contribution in [2.45, 2.75) is 38.8 Å². The largest absolute Gasteiger partial charge is 0.444 e. The Bertz CT molecular complexity index is 472. The summed E-state index contributed by atoms with van der Waals surface area (Å²) in [7, 11) is 0. The maximum atomic E-state index is 11.8. The Balaban J connectivity index is 2.92. The number of aliphatic hydroxyl groups is 1. The first-order chi connectivity index (χ1) is 9.23. The van der Waals surface area contributed by atoms with Crippen molar-refractivity contribution in [2.75, 3.05) is 11.9 Å². The summed E-state index contributed by atoms with van der Waals surface area (Å²) in [4.78, 5) is 11.8. The Hall–Kier alpha value is -1.11. The van der Waals surface area contributed by atoms with Gasteiger partial charge in [0.1, 0.15) is 5.60 Å². The Morgan fingerprint density at radius 3 is 2.70 bits per heavy atom. The second kappa shape index (κ2) is 7.06. The molecule has 1 rings (SSSR count). The van der Waals surface area contributed by atoms with E-state index in [1.54, 1.807) is 26.8 Å². The molecule has 0 aliphatic heterocycles. The summed E-state index contributed by atoms with van der Waals surface area (Å²) in [6.07, 6.45) is -0.113. The summed E-state index contributed by atoms with van der Waals surface area (Å²) < 4.78 is 6.04. The van der Waals surface area contributed by atoms with Gasteiger partial charge in [-0.15, -0.1) is 0 Å². The van der Waals surface area contributed by atoms with Gasteiger partial charge in [0, 0.05) is 22.8 Å². The molecule has 1 unspecified atom stereocenters. The third kappa shape index (κ3) is 5.48. The van der Waals surface area contributed by atoms with Gasteiger partial charge in [-0.2, -0.15) is 0 Å². The molecular weight excluding hydrogens is 324 g/mol. The fraction of sp³-hybridized carbons (Fsp3) is 0.500. The van der Waals surface area contributed by atoms with Crippen LogP contribution in [-0.2, 0) is 4.74 Å². The molecule has 0 bridgehead atoms. The summed E-state index contributed by atoms with van der Waals surface area (Å²) in [5, 5.41) is 11.7. The van der Waals surface area contributed by atoms with Crippen LogP contribution in [-0.4, -0.2) is 23.4 Å². The Labute approximate surface area is 127 Å². The molecule has 0 radical (unpaired) electrons. The van der Waals surface area contributed by atoms with E-state index < -0.39 is 11.7 Å². The fourth-order valence-electron chi connectivity index (χ4n) is 1.67. The molecule has 5 nitrogen and oxygen atoms in total. The number of hydrogen-bond acceptors (Lipinski definition) is 4. The van der Waals surface area contributed by atoms with Gasteiger partial charge in [-0.3, -0.25) is 5.32 Å². The summed E-state index contributed by atoms with van der Waals surface area (Å²) >= 11 is 3.35. The molecule has 6 heteroatoms. The number of halogens is 1. The lowest BCUT2D eigenvalue weighted by atomic mass is 10.0. The molecule has 4 N–H and O–H groups in total. The number of benzene rings is 1. The van der Waals surface area contributed by atoms with Gasteiger partial charge in [0.05, 0.1) is 0 Å². The smallest absolute Gasteiger partial charge is 0.412 e. The lowest BCUT2D eigenvalue weighted by Crippen LogP contribution is -2.28. The SMILES string of the molecule is CC(C)(C)OC(=O)Nc1cc(Br)ccc1C(N)CCO. The zero-order valence-corrected chi connectivity index (χ0v) is 13.5. The molecule has 20 heavy (non-hydrogen) atoms. The number of rotatable bonds is 4. The fourth-order valence-corrected chi connectivity index (χ4v) is 2.03. The summed E-state index contributed by atoms with van der Waals surface area (Å²) in [6.45, 7) is 5.38. The van der Waals surface area contributed by atoms with Gasteiger partial charge >= 0.3 is 6.09 Å². The van der Waals surface area contributed by atoms with Gasteiger partial charge < -0.3 is 15.6 Å². The Morgan fingerprint density at radius 1 is 1.50 bits per heavy atom. The van der Waals surface area contributed by atoms with Gasteiger partial charge in [-0.05, 0) is 44.9 Å². The van der Waals surface area contributed by atoms with E-state index in [2.05, 4.69) is 21.2 Å². The van der Waals surface area contributed by atoms with E-state index in [1.165, 1.54) is 0 Å². The molecule has 0 spiro atoms. The number of nitrogens with one attached hydrogen (secondary N) is 1. The maximum absolute atomic E-state index is 11.8. The highest BCUT2D eigenvalue weighted by Crippen LogP contribution is 2.27. The van der Waals surface area contributed by atoms with E-state index in [1.807, 2.05) is 12.1 Å². The average molecular weight is 345 g/mol. The Kier molecular flexibility index (Phi) is 5.98. The van der Waals surface area contributed by atoms with Crippen molar-refractivity contribution in [1.29, 1.82) is 0 Å². The van der Waals surface area contributed by atoms with Crippen LogP contribution in [0.3, 0.4) is 0 Å². The van der Waals surface area contributed by atoms with E-state index in [9.17, 15) is 4.79 Å². The summed E-state index contributed by atoms with van der Waals surface area (Å²) in [6, 6.07) is 5.07. The molecule has 0 saturated heterocycles. The monoisotopic (exact) mass is 344 g/mol. The molecular formula is C14H21BrN2O3. The average Bonchev–Trinajstić information content (AvgIpc) is 2.26. The summed E-state index contributed by atoms with van der Waals surface area (Å²) in [5.41, 5.74) is 6.76. The number of nitrogens with two attached hydrogens (primary N) is 1. The third-order valence-corrected chi connectivity index (χ3v) is 2.98. The van der Waals surface area contributed by atoms with Crippen molar-refractivity contribution in [2.24, 2.45) is 5.73 Å². The quantitative estimate of drug-likeness (QED) is 0.783. The van der Waals surface area contributed by atoms with Crippen LogP contribution in [0.5, 0.6) is 0 Å². The normalized spacial score (nSPS) is 12.9. The highest BCUT2D eigenvalue weighted by molar-refractivity contribution is 9.10. The zero-order valence-electron chi connectivity index (χ0n) is 11.9. The molecule has 1 aromatic carbocycles. The molecule has 0 saturated carbocycles. The van der Waals surface area contributed by atoms with Gasteiger partial charge in [0.2, 0.25) is 0 Å². The van der Waals surface area contributed by atoms with Crippen LogP contribution in [0, 0.1) is 0 Å². The van der Waals surface area contributed by atoms with E-state index >= 15 is 0 Å². The first-order valence-corrected chi connectivity index (χ1v) is 7.18. The predicted molar refractivity (Wildman–Crippen MR) is 82.6 cm³/mol. The number of aliphatic hydroxyl groups excluding tert-OH is 1. The minimum atomic E-state index is -0.566. The Morgan fingerprint density at radius 2 is 2.15 bits per heavy atom. The number of amides is 1. The van der Waals surface area contributed by atoms with Crippen LogP contribution in [0.1, 0.15) is 38.8 Å². The first-order valence-electron chi connectivity index (χ1n) is 6.39. The van der Waals surface area contributed by atoms with Gasteiger partial charge in [-0.1, -0.05) is 22.0 Å². The highest BCUT2D eigenvalue weighted by atomic mass is 79.9. The van der Waals surface area contributed by atoms with Crippen molar-refractivity contribution in [3.63, 3.8) is 0 Å². The van der Waals surface area contributed by atoms with E-state index in [0.29, 0.717) is 12.1 Å². The van der Waals surface area contributed by atoms with E-state index in [-0.39, 0.29) is 12.6 Å². The van der Waals surface area contributed by atoms with E-state index in [0.717, 1.165) is 10.0 Å². The van der Waals surface area contributed by atoms with Crippen molar-refractivity contribution >= 4 is 27.7 Å². The molecule has 1 amide bonds. The van der Waals surface area contributed by atoms with E-state index in [4.69, 9.17) is 15.6 Å². The van der Waals surface area contributed by atoms with Crippen molar-refractivity contribution in [1.82, 2.24) is 0 Å². The second-order valence-corrected chi connectivity index (χ2v) is 6.39. The second-order valence-electron chi connectivity index (χ2n) is 5.48. The van der Waals surface area contributed by atoms with Crippen molar-refractivity contribution < 1.29 is 14.6 Å². The van der Waals surface area contributed by atoms with Crippen molar-refractivity contribution in [3.8, 4) is 0 Å². The van der Waals surface area contributed by atoms with Gasteiger partial charge in [0.15, 0.2) is 0 Å². The van der Waals surface area contributed by atoms with Crippen LogP contribution < -0.4 is 11.1 Å². The van der Waals surface area contributed by atoms with Crippen LogP contribution in [0.2, 0.25) is 0 Å². The maximum Gasteiger partial charge on any atom is 0.412 e. The molecule has 0 fully saturated rings. The third-order valence-electron chi connectivity index (χ3n) is 2.49. The lowest BCUT2D eigenvalue weighted by Gasteiger charge is -2.21. The highest BCUT2D eigenvalue weighted by Gasteiger charge is 2.18. The topological polar surface area (TPSA) is 84.6 Å². The molecule has 0 aliphatic rings. The zero-order chi connectivity index (χ0) is 15.3.